The van der Waals surface area contributed by atoms with Gasteiger partial charge in [0, 0.05) is 39.3 Å². The number of carbonyl (C=O) groups is 1. The first-order valence-corrected chi connectivity index (χ1v) is 10.9. The molecule has 186 valence electrons. The Balaban J connectivity index is 1.43. The predicted octanol–water partition coefficient (Wildman–Crippen LogP) is 1.90. The molecule has 0 bridgehead atoms. The summed E-state index contributed by atoms with van der Waals surface area (Å²) in [6.45, 7) is 4.34. The van der Waals surface area contributed by atoms with Crippen molar-refractivity contribution in [2.75, 3.05) is 69.3 Å². The minimum Gasteiger partial charge on any atom is -0.465 e. The van der Waals surface area contributed by atoms with Crippen LogP contribution in [-0.2, 0) is 11.3 Å². The second-order valence-electron chi connectivity index (χ2n) is 7.87. The number of nitrogens with zero attached hydrogens (tertiary/aromatic N) is 6. The zero-order chi connectivity index (χ0) is 24.1. The summed E-state index contributed by atoms with van der Waals surface area (Å²) in [4.78, 5) is 30.3. The number of rotatable bonds is 6. The summed E-state index contributed by atoms with van der Waals surface area (Å²) < 4.78 is 53.5. The van der Waals surface area contributed by atoms with Gasteiger partial charge in [-0.2, -0.15) is 28.1 Å². The highest BCUT2D eigenvalue weighted by atomic mass is 19.4. The maximum atomic E-state index is 12.7. The Morgan fingerprint density at radius 1 is 1.06 bits per heavy atom. The molecule has 4 heterocycles. The highest BCUT2D eigenvalue weighted by Crippen LogP contribution is 2.21. The molecular formula is C20H26F3N7O4. The van der Waals surface area contributed by atoms with Gasteiger partial charge >= 0.3 is 18.2 Å². The molecule has 2 fully saturated rings. The van der Waals surface area contributed by atoms with Crippen molar-refractivity contribution >= 4 is 17.9 Å². The number of furan rings is 1. The molecule has 0 aliphatic carbocycles. The first kappa shape index (κ1) is 23.9. The van der Waals surface area contributed by atoms with Crippen molar-refractivity contribution in [3.63, 3.8) is 0 Å². The van der Waals surface area contributed by atoms with Crippen LogP contribution in [0.5, 0.6) is 6.01 Å². The summed E-state index contributed by atoms with van der Waals surface area (Å²) in [5, 5.41) is 2.93. The van der Waals surface area contributed by atoms with Gasteiger partial charge in [0.1, 0.15) is 11.5 Å². The van der Waals surface area contributed by atoms with Crippen LogP contribution < -0.4 is 15.0 Å². The Bertz CT molecular complexity index is 973. The molecule has 2 saturated heterocycles. The highest BCUT2D eigenvalue weighted by molar-refractivity contribution is 5.75. The molecule has 2 amide bonds. The number of amides is 2. The second kappa shape index (κ2) is 10.3. The molecule has 1 N–H and O–H groups in total. The lowest BCUT2D eigenvalue weighted by molar-refractivity contribution is -0.154. The standard InChI is InChI=1S/C20H26F3N7O4/c1-14-2-3-15(34-14)12-24-16-25-17(27-18(26-16)33-13-20(21,22)23)28-4-6-29(7-5-28)19(31)30-8-10-32-11-9-30/h2-3H,4-13H2,1H3,(H,24,25,26,27). The van der Waals surface area contributed by atoms with Crippen molar-refractivity contribution in [2.24, 2.45) is 0 Å². The van der Waals surface area contributed by atoms with Crippen LogP contribution in [0.15, 0.2) is 16.5 Å². The Morgan fingerprint density at radius 3 is 2.41 bits per heavy atom. The minimum absolute atomic E-state index is 0.0520. The first-order chi connectivity index (χ1) is 16.3. The SMILES string of the molecule is Cc1ccc(CNc2nc(OCC(F)(F)F)nc(N3CCN(C(=O)N4CCOCC4)CC3)n2)o1. The number of urea groups is 1. The van der Waals surface area contributed by atoms with Gasteiger partial charge in [-0.15, -0.1) is 0 Å². The van der Waals surface area contributed by atoms with Crippen LogP contribution in [0.4, 0.5) is 29.9 Å². The van der Waals surface area contributed by atoms with E-state index < -0.39 is 18.8 Å². The molecule has 2 aliphatic rings. The average Bonchev–Trinajstić information content (AvgIpc) is 3.26. The van der Waals surface area contributed by atoms with E-state index in [0.717, 1.165) is 5.76 Å². The molecule has 4 rings (SSSR count). The van der Waals surface area contributed by atoms with E-state index in [0.29, 0.717) is 58.2 Å². The zero-order valence-corrected chi connectivity index (χ0v) is 18.7. The number of ether oxygens (including phenoxy) is 2. The molecule has 11 nitrogen and oxygen atoms in total. The normalized spacial score (nSPS) is 17.1. The van der Waals surface area contributed by atoms with Gasteiger partial charge in [-0.25, -0.2) is 4.79 Å². The number of halogens is 3. The van der Waals surface area contributed by atoms with E-state index in [2.05, 4.69) is 20.3 Å². The fraction of sp³-hybridized carbons (Fsp3) is 0.600. The number of morpholine rings is 1. The van der Waals surface area contributed by atoms with E-state index in [-0.39, 0.29) is 24.5 Å². The molecule has 0 radical (unpaired) electrons. The van der Waals surface area contributed by atoms with Crippen molar-refractivity contribution in [1.29, 1.82) is 0 Å². The molecule has 2 aromatic rings. The van der Waals surface area contributed by atoms with Gasteiger partial charge < -0.3 is 33.9 Å². The molecule has 34 heavy (non-hydrogen) atoms. The van der Waals surface area contributed by atoms with Gasteiger partial charge in [0.05, 0.1) is 19.8 Å². The maximum absolute atomic E-state index is 12.7. The van der Waals surface area contributed by atoms with E-state index in [1.54, 1.807) is 33.8 Å². The number of aryl methyl sites for hydroxylation is 1. The lowest BCUT2D eigenvalue weighted by atomic mass is 10.3. The van der Waals surface area contributed by atoms with E-state index in [1.807, 2.05) is 0 Å². The molecule has 0 unspecified atom stereocenters. The van der Waals surface area contributed by atoms with E-state index in [9.17, 15) is 18.0 Å². The summed E-state index contributed by atoms with van der Waals surface area (Å²) in [6, 6.07) is 3.08. The van der Waals surface area contributed by atoms with Crippen molar-refractivity contribution in [1.82, 2.24) is 24.8 Å². The number of hydrogen-bond donors (Lipinski definition) is 1. The Labute approximate surface area is 193 Å². The van der Waals surface area contributed by atoms with Gasteiger partial charge in [0.15, 0.2) is 6.61 Å². The Morgan fingerprint density at radius 2 is 1.76 bits per heavy atom. The molecule has 0 aromatic carbocycles. The summed E-state index contributed by atoms with van der Waals surface area (Å²) in [5.41, 5.74) is 0. The number of nitrogens with one attached hydrogen (secondary N) is 1. The lowest BCUT2D eigenvalue weighted by Crippen LogP contribution is -2.55. The molecule has 2 aliphatic heterocycles. The minimum atomic E-state index is -4.53. The Hall–Kier alpha value is -3.29. The molecular weight excluding hydrogens is 459 g/mol. The maximum Gasteiger partial charge on any atom is 0.422 e. The topological polar surface area (TPSA) is 109 Å². The van der Waals surface area contributed by atoms with Crippen LogP contribution in [0, 0.1) is 6.92 Å². The number of carbonyl (C=O) groups excluding carboxylic acids is 1. The highest BCUT2D eigenvalue weighted by Gasteiger charge is 2.30. The molecule has 0 spiro atoms. The summed E-state index contributed by atoms with van der Waals surface area (Å²) >= 11 is 0. The van der Waals surface area contributed by atoms with Crippen LogP contribution in [-0.4, -0.2) is 96.0 Å². The number of aromatic nitrogens is 3. The predicted molar refractivity (Wildman–Crippen MR) is 114 cm³/mol. The molecule has 2 aromatic heterocycles. The largest absolute Gasteiger partial charge is 0.465 e. The van der Waals surface area contributed by atoms with E-state index in [1.165, 1.54) is 0 Å². The first-order valence-electron chi connectivity index (χ1n) is 10.9. The van der Waals surface area contributed by atoms with Crippen LogP contribution in [0.3, 0.4) is 0 Å². The summed E-state index contributed by atoms with van der Waals surface area (Å²) in [5.74, 6) is 1.58. The third-order valence-electron chi connectivity index (χ3n) is 5.30. The average molecular weight is 485 g/mol. The van der Waals surface area contributed by atoms with E-state index >= 15 is 0 Å². The van der Waals surface area contributed by atoms with Crippen molar-refractivity contribution < 1.29 is 31.9 Å². The van der Waals surface area contributed by atoms with Gasteiger partial charge in [-0.3, -0.25) is 0 Å². The number of anilines is 2. The second-order valence-corrected chi connectivity index (χ2v) is 7.87. The third-order valence-corrected chi connectivity index (χ3v) is 5.30. The molecule has 14 heteroatoms. The van der Waals surface area contributed by atoms with E-state index in [4.69, 9.17) is 13.9 Å². The van der Waals surface area contributed by atoms with Gasteiger partial charge in [-0.1, -0.05) is 0 Å². The smallest absolute Gasteiger partial charge is 0.422 e. The van der Waals surface area contributed by atoms with Crippen LogP contribution in [0.2, 0.25) is 0 Å². The van der Waals surface area contributed by atoms with Crippen molar-refractivity contribution in [3.05, 3.63) is 23.7 Å². The number of hydrogen-bond acceptors (Lipinski definition) is 9. The fourth-order valence-corrected chi connectivity index (χ4v) is 3.58. The third kappa shape index (κ3) is 6.40. The summed E-state index contributed by atoms with van der Waals surface area (Å²) in [6.07, 6.45) is -4.53. The Kier molecular flexibility index (Phi) is 7.24. The zero-order valence-electron chi connectivity index (χ0n) is 18.7. The van der Waals surface area contributed by atoms with Gasteiger partial charge in [0.2, 0.25) is 11.9 Å². The number of alkyl halides is 3. The molecule has 0 saturated carbocycles. The van der Waals surface area contributed by atoms with Gasteiger partial charge in [0.25, 0.3) is 0 Å². The molecule has 0 atom stereocenters. The van der Waals surface area contributed by atoms with Crippen molar-refractivity contribution in [3.8, 4) is 6.01 Å². The van der Waals surface area contributed by atoms with Crippen LogP contribution in [0.25, 0.3) is 0 Å². The number of piperazine rings is 1. The van der Waals surface area contributed by atoms with Gasteiger partial charge in [-0.05, 0) is 19.1 Å². The van der Waals surface area contributed by atoms with Crippen LogP contribution >= 0.6 is 0 Å². The van der Waals surface area contributed by atoms with Crippen molar-refractivity contribution in [2.45, 2.75) is 19.6 Å². The fourth-order valence-electron chi connectivity index (χ4n) is 3.58. The lowest BCUT2D eigenvalue weighted by Gasteiger charge is -2.38. The van der Waals surface area contributed by atoms with Crippen LogP contribution in [0.1, 0.15) is 11.5 Å². The monoisotopic (exact) mass is 485 g/mol. The summed E-state index contributed by atoms with van der Waals surface area (Å²) in [7, 11) is 0. The quantitative estimate of drug-likeness (QED) is 0.656.